The molecule has 1 saturated heterocycles. The summed E-state index contributed by atoms with van der Waals surface area (Å²) in [5.74, 6) is -0.209. The Bertz CT molecular complexity index is 357. The number of piperidine rings is 1. The smallest absolute Gasteiger partial charge is 0.385 e. The molecule has 1 aliphatic heterocycles. The number of fused-ring (bicyclic) bond motifs is 1. The van der Waals surface area contributed by atoms with Crippen LogP contribution < -0.4 is 11.1 Å². The molecule has 3 N–H and O–H groups in total. The third-order valence-electron chi connectivity index (χ3n) is 3.60. The molecule has 2 aliphatic rings. The molecule has 0 spiro atoms. The summed E-state index contributed by atoms with van der Waals surface area (Å²) in [6.45, 7) is 2.05. The predicted octanol–water partition coefficient (Wildman–Crippen LogP) is 2.48. The fraction of sp³-hybridized carbons (Fsp3) is 0.667. The lowest BCUT2D eigenvalue weighted by atomic mass is 9.79. The van der Waals surface area contributed by atoms with Gasteiger partial charge in [0.15, 0.2) is 0 Å². The van der Waals surface area contributed by atoms with Gasteiger partial charge >= 0.3 is 6.18 Å². The normalized spacial score (nSPS) is 33.4. The van der Waals surface area contributed by atoms with Crippen LogP contribution in [0.25, 0.3) is 0 Å². The van der Waals surface area contributed by atoms with Gasteiger partial charge in [0.2, 0.25) is 0 Å². The van der Waals surface area contributed by atoms with Crippen molar-refractivity contribution in [3.8, 4) is 0 Å². The first-order chi connectivity index (χ1) is 7.91. The van der Waals surface area contributed by atoms with E-state index in [2.05, 4.69) is 5.32 Å². The lowest BCUT2D eigenvalue weighted by Gasteiger charge is -2.39. The topological polar surface area (TPSA) is 38.0 Å². The lowest BCUT2D eigenvalue weighted by Crippen LogP contribution is -2.49. The predicted molar refractivity (Wildman–Crippen MR) is 60.1 cm³/mol. The zero-order valence-corrected chi connectivity index (χ0v) is 9.72. The molecule has 0 aromatic heterocycles. The molecule has 17 heavy (non-hydrogen) atoms. The summed E-state index contributed by atoms with van der Waals surface area (Å²) in [4.78, 5) is 0. The maximum absolute atomic E-state index is 12.6. The Balaban J connectivity index is 2.20. The van der Waals surface area contributed by atoms with E-state index >= 15 is 0 Å². The summed E-state index contributed by atoms with van der Waals surface area (Å²) >= 11 is 0. The van der Waals surface area contributed by atoms with Gasteiger partial charge in [0.25, 0.3) is 0 Å². The summed E-state index contributed by atoms with van der Waals surface area (Å²) in [7, 11) is 0. The summed E-state index contributed by atoms with van der Waals surface area (Å²) in [6.07, 6.45) is 0.156. The van der Waals surface area contributed by atoms with Crippen LogP contribution in [0.15, 0.2) is 23.4 Å². The van der Waals surface area contributed by atoms with Crippen molar-refractivity contribution in [2.45, 2.75) is 44.4 Å². The minimum Gasteiger partial charge on any atom is -0.385 e. The van der Waals surface area contributed by atoms with Crippen molar-refractivity contribution in [2.24, 2.45) is 11.7 Å². The molecule has 0 aromatic rings. The van der Waals surface area contributed by atoms with Gasteiger partial charge in [-0.15, -0.1) is 0 Å². The van der Waals surface area contributed by atoms with Crippen LogP contribution in [-0.2, 0) is 0 Å². The molecule has 1 aliphatic carbocycles. The van der Waals surface area contributed by atoms with Gasteiger partial charge in [0, 0.05) is 29.3 Å². The quantitative estimate of drug-likeness (QED) is 0.746. The first-order valence-corrected chi connectivity index (χ1v) is 5.92. The molecule has 1 heterocycles. The zero-order chi connectivity index (χ0) is 12.6. The third-order valence-corrected chi connectivity index (χ3v) is 3.60. The van der Waals surface area contributed by atoms with E-state index in [1.807, 2.05) is 6.92 Å². The fourth-order valence-corrected chi connectivity index (χ4v) is 2.53. The van der Waals surface area contributed by atoms with Crippen LogP contribution in [0.4, 0.5) is 13.2 Å². The number of rotatable bonds is 1. The number of hydrogen-bond acceptors (Lipinski definition) is 2. The highest BCUT2D eigenvalue weighted by Gasteiger charge is 2.40. The van der Waals surface area contributed by atoms with Crippen LogP contribution >= 0.6 is 0 Å². The van der Waals surface area contributed by atoms with E-state index in [9.17, 15) is 13.2 Å². The van der Waals surface area contributed by atoms with E-state index in [4.69, 9.17) is 5.73 Å². The first kappa shape index (κ1) is 12.5. The molecule has 0 amide bonds. The molecule has 0 saturated carbocycles. The van der Waals surface area contributed by atoms with Crippen molar-refractivity contribution in [2.75, 3.05) is 0 Å². The second-order valence-corrected chi connectivity index (χ2v) is 4.77. The second kappa shape index (κ2) is 4.37. The van der Waals surface area contributed by atoms with Crippen molar-refractivity contribution in [3.05, 3.63) is 23.4 Å². The number of nitrogens with one attached hydrogen (secondary N) is 1. The average molecular weight is 246 g/mol. The van der Waals surface area contributed by atoms with Crippen molar-refractivity contribution < 1.29 is 13.2 Å². The molecule has 0 radical (unpaired) electrons. The SMILES string of the molecule is CCC1C[C@H](N)C2CC(C(F)(F)F)=CC=C2N1. The van der Waals surface area contributed by atoms with Crippen molar-refractivity contribution in [3.63, 3.8) is 0 Å². The van der Waals surface area contributed by atoms with Gasteiger partial charge in [-0.2, -0.15) is 13.2 Å². The molecule has 3 atom stereocenters. The number of hydrogen-bond donors (Lipinski definition) is 2. The lowest BCUT2D eigenvalue weighted by molar-refractivity contribution is -0.0956. The van der Waals surface area contributed by atoms with Crippen LogP contribution in [0.5, 0.6) is 0 Å². The number of allylic oxidation sites excluding steroid dienone is 3. The van der Waals surface area contributed by atoms with Crippen molar-refractivity contribution in [1.82, 2.24) is 5.32 Å². The third kappa shape index (κ3) is 2.49. The average Bonchev–Trinajstić information content (AvgIpc) is 2.27. The molecule has 96 valence electrons. The Morgan fingerprint density at radius 3 is 2.71 bits per heavy atom. The molecule has 2 nitrogen and oxygen atoms in total. The molecule has 5 heteroatoms. The van der Waals surface area contributed by atoms with Gasteiger partial charge in [0.05, 0.1) is 0 Å². The van der Waals surface area contributed by atoms with Crippen LogP contribution in [0, 0.1) is 5.92 Å². The van der Waals surface area contributed by atoms with Gasteiger partial charge < -0.3 is 11.1 Å². The highest BCUT2D eigenvalue weighted by atomic mass is 19.4. The van der Waals surface area contributed by atoms with Gasteiger partial charge in [0.1, 0.15) is 0 Å². The Kier molecular flexibility index (Phi) is 3.21. The molecule has 2 rings (SSSR count). The monoisotopic (exact) mass is 246 g/mol. The fourth-order valence-electron chi connectivity index (χ4n) is 2.53. The maximum atomic E-state index is 12.6. The van der Waals surface area contributed by atoms with Gasteiger partial charge in [-0.25, -0.2) is 0 Å². The first-order valence-electron chi connectivity index (χ1n) is 5.92. The summed E-state index contributed by atoms with van der Waals surface area (Å²) in [6, 6.07) is 0.104. The van der Waals surface area contributed by atoms with Crippen LogP contribution in [0.2, 0.25) is 0 Å². The molecular weight excluding hydrogens is 229 g/mol. The summed E-state index contributed by atoms with van der Waals surface area (Å²) in [5.41, 5.74) is 6.38. The molecule has 1 fully saturated rings. The highest BCUT2D eigenvalue weighted by molar-refractivity contribution is 5.31. The largest absolute Gasteiger partial charge is 0.412 e. The van der Waals surface area contributed by atoms with Crippen molar-refractivity contribution in [1.29, 1.82) is 0 Å². The van der Waals surface area contributed by atoms with Crippen LogP contribution in [0.1, 0.15) is 26.2 Å². The van der Waals surface area contributed by atoms with Crippen LogP contribution in [0.3, 0.4) is 0 Å². The molecular formula is C12H17F3N2. The van der Waals surface area contributed by atoms with E-state index in [1.165, 1.54) is 6.08 Å². The van der Waals surface area contributed by atoms with Gasteiger partial charge in [-0.3, -0.25) is 0 Å². The molecule has 0 aromatic carbocycles. The number of nitrogens with two attached hydrogens (primary N) is 1. The minimum absolute atomic E-state index is 0.0000652. The zero-order valence-electron chi connectivity index (χ0n) is 9.72. The summed E-state index contributed by atoms with van der Waals surface area (Å²) < 4.78 is 37.8. The Hall–Kier alpha value is -0.970. The maximum Gasteiger partial charge on any atom is 0.412 e. The Labute approximate surface area is 98.7 Å². The van der Waals surface area contributed by atoms with Crippen molar-refractivity contribution >= 4 is 0 Å². The van der Waals surface area contributed by atoms with Gasteiger partial charge in [-0.05, 0) is 25.3 Å². The second-order valence-electron chi connectivity index (χ2n) is 4.77. The summed E-state index contributed by atoms with van der Waals surface area (Å²) in [5, 5.41) is 3.28. The van der Waals surface area contributed by atoms with Crippen LogP contribution in [-0.4, -0.2) is 18.3 Å². The van der Waals surface area contributed by atoms with E-state index in [0.717, 1.165) is 18.5 Å². The number of alkyl halides is 3. The van der Waals surface area contributed by atoms with E-state index in [-0.39, 0.29) is 24.4 Å². The Morgan fingerprint density at radius 2 is 2.12 bits per heavy atom. The highest BCUT2D eigenvalue weighted by Crippen LogP contribution is 2.38. The standard InChI is InChI=1S/C12H17F3N2/c1-2-8-6-10(16)9-5-7(12(13,14)15)3-4-11(9)17-8/h3-4,8-10,17H,2,5-6,16H2,1H3/t8?,9?,10-/m0/s1. The van der Waals surface area contributed by atoms with E-state index < -0.39 is 11.7 Å². The Morgan fingerprint density at radius 1 is 1.41 bits per heavy atom. The van der Waals surface area contributed by atoms with E-state index in [0.29, 0.717) is 0 Å². The van der Waals surface area contributed by atoms with Gasteiger partial charge in [-0.1, -0.05) is 13.0 Å². The van der Waals surface area contributed by atoms with E-state index in [1.54, 1.807) is 6.08 Å². The number of halogens is 3. The minimum atomic E-state index is -4.23. The molecule has 0 bridgehead atoms. The molecule has 2 unspecified atom stereocenters.